The first kappa shape index (κ1) is 18.9. The number of amides is 1. The van der Waals surface area contributed by atoms with Crippen molar-refractivity contribution in [3.8, 4) is 11.5 Å². The molecule has 1 aliphatic heterocycles. The number of nitrogens with one attached hydrogen (secondary N) is 2. The van der Waals surface area contributed by atoms with Crippen LogP contribution in [0.4, 0.5) is 17.5 Å². The molecule has 9 nitrogen and oxygen atoms in total. The Morgan fingerprint density at radius 1 is 1.24 bits per heavy atom. The molecule has 0 fully saturated rings. The Morgan fingerprint density at radius 3 is 2.72 bits per heavy atom. The molecule has 3 heterocycles. The van der Waals surface area contributed by atoms with Crippen molar-refractivity contribution in [2.24, 2.45) is 0 Å². The van der Waals surface area contributed by atoms with Crippen LogP contribution in [0.15, 0.2) is 28.9 Å². The Kier molecular flexibility index (Phi) is 4.45. The van der Waals surface area contributed by atoms with Gasteiger partial charge in [0, 0.05) is 28.9 Å². The smallest absolute Gasteiger partial charge is 0.263 e. The number of fused-ring (bicyclic) bond motifs is 1. The summed E-state index contributed by atoms with van der Waals surface area (Å²) in [6.07, 6.45) is 2.31. The molecule has 0 saturated carbocycles. The molecule has 0 atom stereocenters. The Labute approximate surface area is 168 Å². The van der Waals surface area contributed by atoms with E-state index < -0.39 is 0 Å². The van der Waals surface area contributed by atoms with E-state index in [1.54, 1.807) is 6.07 Å². The number of carbonyl (C=O) groups excluding carboxylic acids is 1. The van der Waals surface area contributed by atoms with E-state index in [1.165, 1.54) is 6.20 Å². The number of anilines is 3. The Balaban J connectivity index is 1.57. The van der Waals surface area contributed by atoms with Crippen molar-refractivity contribution in [3.05, 3.63) is 41.3 Å². The molecule has 0 aliphatic carbocycles. The van der Waals surface area contributed by atoms with Crippen LogP contribution >= 0.6 is 0 Å². The number of aromatic nitrogens is 4. The average molecular weight is 393 g/mol. The van der Waals surface area contributed by atoms with Gasteiger partial charge < -0.3 is 20.9 Å². The van der Waals surface area contributed by atoms with Gasteiger partial charge in [-0.15, -0.1) is 0 Å². The van der Waals surface area contributed by atoms with Crippen LogP contribution in [-0.4, -0.2) is 31.6 Å². The highest BCUT2D eigenvalue weighted by Gasteiger charge is 2.29. The third-order valence-electron chi connectivity index (χ3n) is 4.70. The highest BCUT2D eigenvalue weighted by molar-refractivity contribution is 5.98. The molecule has 0 radical (unpaired) electrons. The fraction of sp³-hybridized carbons (Fsp3) is 0.350. The summed E-state index contributed by atoms with van der Waals surface area (Å²) in [6.45, 7) is 7.96. The van der Waals surface area contributed by atoms with Crippen molar-refractivity contribution >= 4 is 23.4 Å². The number of nitrogens with two attached hydrogens (primary N) is 1. The number of hydrogen-bond donors (Lipinski definition) is 3. The summed E-state index contributed by atoms with van der Waals surface area (Å²) in [5, 5.41) is 10.0. The zero-order valence-electron chi connectivity index (χ0n) is 16.8. The first-order valence-electron chi connectivity index (χ1n) is 9.41. The second-order valence-corrected chi connectivity index (χ2v) is 8.12. The monoisotopic (exact) mass is 393 g/mol. The van der Waals surface area contributed by atoms with Gasteiger partial charge in [0.1, 0.15) is 11.4 Å². The lowest BCUT2D eigenvalue weighted by molar-refractivity contribution is 0.0897. The predicted molar refractivity (Wildman–Crippen MR) is 109 cm³/mol. The number of carbonyl (C=O) groups is 1. The second-order valence-electron chi connectivity index (χ2n) is 8.12. The first-order chi connectivity index (χ1) is 13.7. The van der Waals surface area contributed by atoms with Crippen molar-refractivity contribution in [2.45, 2.75) is 45.6 Å². The molecule has 1 aromatic carbocycles. The minimum Gasteiger partial charge on any atom is -0.383 e. The van der Waals surface area contributed by atoms with Crippen molar-refractivity contribution in [1.82, 2.24) is 25.4 Å². The average Bonchev–Trinajstić information content (AvgIpc) is 3.12. The molecule has 150 valence electrons. The van der Waals surface area contributed by atoms with Crippen molar-refractivity contribution in [2.75, 3.05) is 11.1 Å². The van der Waals surface area contributed by atoms with Gasteiger partial charge in [-0.2, -0.15) is 9.97 Å². The fourth-order valence-corrected chi connectivity index (χ4v) is 3.24. The number of nitrogens with zero attached hydrogens (tertiary/aromatic N) is 4. The van der Waals surface area contributed by atoms with Gasteiger partial charge in [-0.05, 0) is 38.0 Å². The van der Waals surface area contributed by atoms with Crippen LogP contribution in [0.2, 0.25) is 0 Å². The van der Waals surface area contributed by atoms with E-state index in [2.05, 4.69) is 30.7 Å². The van der Waals surface area contributed by atoms with Gasteiger partial charge in [0.2, 0.25) is 5.95 Å². The normalized spacial score (nSPS) is 15.1. The molecule has 0 saturated heterocycles. The lowest BCUT2D eigenvalue weighted by Gasteiger charge is -2.32. The maximum atomic E-state index is 12.4. The molecule has 0 bridgehead atoms. The molecule has 4 rings (SSSR count). The summed E-state index contributed by atoms with van der Waals surface area (Å²) in [6, 6.07) is 5.63. The van der Waals surface area contributed by atoms with Gasteiger partial charge >= 0.3 is 0 Å². The highest BCUT2D eigenvalue weighted by Crippen LogP contribution is 2.28. The van der Waals surface area contributed by atoms with Crippen LogP contribution in [0.3, 0.4) is 0 Å². The SMILES string of the molecule is CC(C)c1noc(-c2cnc(Nc3ccc4c(c3)C(=O)NC(C)(C)C4)nc2N)n1. The molecular weight excluding hydrogens is 370 g/mol. The van der Waals surface area contributed by atoms with Gasteiger partial charge in [-0.25, -0.2) is 4.98 Å². The van der Waals surface area contributed by atoms with Crippen LogP contribution < -0.4 is 16.4 Å². The molecule has 9 heteroatoms. The van der Waals surface area contributed by atoms with Gasteiger partial charge in [0.05, 0.1) is 0 Å². The van der Waals surface area contributed by atoms with E-state index in [0.29, 0.717) is 28.6 Å². The molecule has 1 aliphatic rings. The molecule has 0 spiro atoms. The number of benzene rings is 1. The van der Waals surface area contributed by atoms with E-state index in [4.69, 9.17) is 10.3 Å². The van der Waals surface area contributed by atoms with Gasteiger partial charge in [0.25, 0.3) is 11.8 Å². The van der Waals surface area contributed by atoms with E-state index >= 15 is 0 Å². The maximum absolute atomic E-state index is 12.4. The van der Waals surface area contributed by atoms with E-state index in [9.17, 15) is 4.79 Å². The molecule has 3 aromatic rings. The molecule has 4 N–H and O–H groups in total. The summed E-state index contributed by atoms with van der Waals surface area (Å²) in [4.78, 5) is 25.3. The third-order valence-corrected chi connectivity index (χ3v) is 4.70. The summed E-state index contributed by atoms with van der Waals surface area (Å²) in [7, 11) is 0. The molecule has 2 aromatic heterocycles. The second kappa shape index (κ2) is 6.84. The predicted octanol–water partition coefficient (Wildman–Crippen LogP) is 3.04. The van der Waals surface area contributed by atoms with Crippen LogP contribution in [-0.2, 0) is 6.42 Å². The number of hydrogen-bond acceptors (Lipinski definition) is 8. The third kappa shape index (κ3) is 3.75. The fourth-order valence-electron chi connectivity index (χ4n) is 3.24. The van der Waals surface area contributed by atoms with Crippen molar-refractivity contribution < 1.29 is 9.32 Å². The zero-order valence-corrected chi connectivity index (χ0v) is 16.8. The first-order valence-corrected chi connectivity index (χ1v) is 9.41. The molecule has 0 unspecified atom stereocenters. The summed E-state index contributed by atoms with van der Waals surface area (Å²) >= 11 is 0. The minimum atomic E-state index is -0.253. The molecule has 29 heavy (non-hydrogen) atoms. The van der Waals surface area contributed by atoms with Gasteiger partial charge in [-0.3, -0.25) is 4.79 Å². The van der Waals surface area contributed by atoms with E-state index in [0.717, 1.165) is 12.0 Å². The Bertz CT molecular complexity index is 1090. The lowest BCUT2D eigenvalue weighted by Crippen LogP contribution is -2.49. The molecular formula is C20H23N7O2. The van der Waals surface area contributed by atoms with Crippen LogP contribution in [0.1, 0.15) is 55.4 Å². The maximum Gasteiger partial charge on any atom is 0.263 e. The standard InChI is InChI=1S/C20H23N7O2/c1-10(2)16-25-18(29-27-16)14-9-22-19(24-15(14)21)23-12-6-5-11-8-20(3,4)26-17(28)13(11)7-12/h5-7,9-10H,8H2,1-4H3,(H,26,28)(H3,21,22,23,24). The Morgan fingerprint density at radius 2 is 2.03 bits per heavy atom. The summed E-state index contributed by atoms with van der Waals surface area (Å²) < 4.78 is 5.26. The Hall–Kier alpha value is -3.49. The van der Waals surface area contributed by atoms with Crippen LogP contribution in [0, 0.1) is 0 Å². The highest BCUT2D eigenvalue weighted by atomic mass is 16.5. The largest absolute Gasteiger partial charge is 0.383 e. The van der Waals surface area contributed by atoms with Crippen LogP contribution in [0.5, 0.6) is 0 Å². The summed E-state index contributed by atoms with van der Waals surface area (Å²) in [5.41, 5.74) is 8.65. The van der Waals surface area contributed by atoms with Crippen LogP contribution in [0.25, 0.3) is 11.5 Å². The van der Waals surface area contributed by atoms with Gasteiger partial charge in [0.15, 0.2) is 5.82 Å². The van der Waals surface area contributed by atoms with E-state index in [1.807, 2.05) is 39.8 Å². The topological polar surface area (TPSA) is 132 Å². The van der Waals surface area contributed by atoms with Gasteiger partial charge in [-0.1, -0.05) is 25.1 Å². The van der Waals surface area contributed by atoms with Crippen molar-refractivity contribution in [1.29, 1.82) is 0 Å². The number of nitrogen functional groups attached to an aromatic ring is 1. The summed E-state index contributed by atoms with van der Waals surface area (Å²) in [5.74, 6) is 1.46. The quantitative estimate of drug-likeness (QED) is 0.616. The minimum absolute atomic E-state index is 0.0898. The van der Waals surface area contributed by atoms with Crippen molar-refractivity contribution in [3.63, 3.8) is 0 Å². The number of rotatable bonds is 4. The molecule has 1 amide bonds. The lowest BCUT2D eigenvalue weighted by atomic mass is 9.87. The van der Waals surface area contributed by atoms with E-state index in [-0.39, 0.29) is 29.1 Å². The zero-order chi connectivity index (χ0) is 20.8.